The van der Waals surface area contributed by atoms with Crippen molar-refractivity contribution in [1.82, 2.24) is 14.5 Å². The largest absolute Gasteiger partial charge is 0.342 e. The summed E-state index contributed by atoms with van der Waals surface area (Å²) in [5, 5.41) is 0. The molecule has 0 saturated carbocycles. The van der Waals surface area contributed by atoms with Crippen molar-refractivity contribution in [2.45, 2.75) is 13.5 Å². The molecule has 0 fully saturated rings. The van der Waals surface area contributed by atoms with Crippen LogP contribution in [0.1, 0.15) is 21.7 Å². The molecular formula is C14H17N3O. The van der Waals surface area contributed by atoms with Gasteiger partial charge in [-0.1, -0.05) is 24.3 Å². The van der Waals surface area contributed by atoms with E-state index in [1.54, 1.807) is 20.3 Å². The van der Waals surface area contributed by atoms with Gasteiger partial charge >= 0.3 is 0 Å². The number of hydrogen-bond acceptors (Lipinski definition) is 2. The Morgan fingerprint density at radius 2 is 2.06 bits per heavy atom. The molecule has 0 saturated heterocycles. The monoisotopic (exact) mass is 243 g/mol. The van der Waals surface area contributed by atoms with Crippen LogP contribution in [-0.2, 0) is 6.54 Å². The second-order valence-corrected chi connectivity index (χ2v) is 4.50. The van der Waals surface area contributed by atoms with Crippen LogP contribution in [-0.4, -0.2) is 34.5 Å². The molecule has 18 heavy (non-hydrogen) atoms. The zero-order chi connectivity index (χ0) is 13.1. The molecule has 0 aliphatic carbocycles. The van der Waals surface area contributed by atoms with Gasteiger partial charge in [0.25, 0.3) is 5.91 Å². The third-order valence-electron chi connectivity index (χ3n) is 2.91. The van der Waals surface area contributed by atoms with Gasteiger partial charge in [0.15, 0.2) is 5.82 Å². The van der Waals surface area contributed by atoms with E-state index in [0.29, 0.717) is 12.4 Å². The molecular weight excluding hydrogens is 226 g/mol. The number of carbonyl (C=O) groups excluding carboxylic acids is 1. The third kappa shape index (κ3) is 2.42. The predicted octanol–water partition coefficient (Wildman–Crippen LogP) is 1.94. The molecule has 1 amide bonds. The lowest BCUT2D eigenvalue weighted by molar-refractivity contribution is 0.0811. The van der Waals surface area contributed by atoms with E-state index < -0.39 is 0 Å². The summed E-state index contributed by atoms with van der Waals surface area (Å²) >= 11 is 0. The number of carbonyl (C=O) groups is 1. The van der Waals surface area contributed by atoms with Gasteiger partial charge in [-0.05, 0) is 18.1 Å². The molecule has 0 atom stereocenters. The second kappa shape index (κ2) is 5.04. The van der Waals surface area contributed by atoms with Crippen LogP contribution in [0.5, 0.6) is 0 Å². The maximum atomic E-state index is 11.9. The lowest BCUT2D eigenvalue weighted by atomic mass is 10.1. The van der Waals surface area contributed by atoms with Crippen LogP contribution in [0, 0.1) is 6.92 Å². The minimum absolute atomic E-state index is 0.0754. The summed E-state index contributed by atoms with van der Waals surface area (Å²) in [5.74, 6) is 0.400. The molecule has 0 bridgehead atoms. The average molecular weight is 243 g/mol. The van der Waals surface area contributed by atoms with E-state index in [9.17, 15) is 4.79 Å². The van der Waals surface area contributed by atoms with Gasteiger partial charge in [0.1, 0.15) is 0 Å². The normalized spacial score (nSPS) is 10.4. The Kier molecular flexibility index (Phi) is 3.46. The van der Waals surface area contributed by atoms with Crippen molar-refractivity contribution in [3.8, 4) is 0 Å². The Hall–Kier alpha value is -2.10. The Bertz CT molecular complexity index is 558. The van der Waals surface area contributed by atoms with Crippen molar-refractivity contribution < 1.29 is 4.79 Å². The smallest absolute Gasteiger partial charge is 0.289 e. The van der Waals surface area contributed by atoms with Crippen LogP contribution in [0.3, 0.4) is 0 Å². The molecule has 0 N–H and O–H groups in total. The molecule has 1 heterocycles. The second-order valence-electron chi connectivity index (χ2n) is 4.50. The van der Waals surface area contributed by atoms with Crippen LogP contribution < -0.4 is 0 Å². The zero-order valence-corrected chi connectivity index (χ0v) is 10.9. The summed E-state index contributed by atoms with van der Waals surface area (Å²) in [7, 11) is 3.46. The summed E-state index contributed by atoms with van der Waals surface area (Å²) in [6, 6.07) is 8.16. The third-order valence-corrected chi connectivity index (χ3v) is 2.91. The van der Waals surface area contributed by atoms with E-state index in [1.165, 1.54) is 16.0 Å². The van der Waals surface area contributed by atoms with Crippen LogP contribution in [0.15, 0.2) is 36.7 Å². The van der Waals surface area contributed by atoms with Crippen LogP contribution >= 0.6 is 0 Å². The Balaban J connectivity index is 2.29. The molecule has 0 aliphatic heterocycles. The lowest BCUT2D eigenvalue weighted by Gasteiger charge is -2.13. The average Bonchev–Trinajstić information content (AvgIpc) is 2.79. The van der Waals surface area contributed by atoms with Crippen LogP contribution in [0.4, 0.5) is 0 Å². The molecule has 4 heteroatoms. The Morgan fingerprint density at radius 3 is 2.72 bits per heavy atom. The number of benzene rings is 1. The van der Waals surface area contributed by atoms with Gasteiger partial charge in [0, 0.05) is 33.0 Å². The van der Waals surface area contributed by atoms with Crippen molar-refractivity contribution in [2.24, 2.45) is 0 Å². The van der Waals surface area contributed by atoms with Gasteiger partial charge < -0.3 is 9.47 Å². The number of nitrogens with zero attached hydrogens (tertiary/aromatic N) is 3. The highest BCUT2D eigenvalue weighted by atomic mass is 16.2. The Labute approximate surface area is 107 Å². The summed E-state index contributed by atoms with van der Waals surface area (Å²) in [6.07, 6.45) is 3.50. The van der Waals surface area contributed by atoms with E-state index in [4.69, 9.17) is 0 Å². The molecule has 0 aliphatic rings. The van der Waals surface area contributed by atoms with Crippen molar-refractivity contribution in [1.29, 1.82) is 0 Å². The van der Waals surface area contributed by atoms with Gasteiger partial charge in [0.05, 0.1) is 0 Å². The summed E-state index contributed by atoms with van der Waals surface area (Å²) < 4.78 is 1.88. The highest BCUT2D eigenvalue weighted by Gasteiger charge is 2.14. The van der Waals surface area contributed by atoms with E-state index in [2.05, 4.69) is 24.0 Å². The van der Waals surface area contributed by atoms with Crippen molar-refractivity contribution in [3.05, 3.63) is 53.6 Å². The van der Waals surface area contributed by atoms with Crippen LogP contribution in [0.25, 0.3) is 0 Å². The SMILES string of the molecule is Cc1ccccc1Cn1ccnc1C(=O)N(C)C. The number of amides is 1. The van der Waals surface area contributed by atoms with Gasteiger partial charge in [0.2, 0.25) is 0 Å². The molecule has 1 aromatic carbocycles. The van der Waals surface area contributed by atoms with E-state index >= 15 is 0 Å². The number of aryl methyl sites for hydroxylation is 1. The number of aromatic nitrogens is 2. The first kappa shape index (κ1) is 12.4. The molecule has 94 valence electrons. The van der Waals surface area contributed by atoms with Gasteiger partial charge in [-0.25, -0.2) is 4.98 Å². The standard InChI is InChI=1S/C14H17N3O/c1-11-6-4-5-7-12(11)10-17-9-8-15-13(17)14(18)16(2)3/h4-9H,10H2,1-3H3. The fraction of sp³-hybridized carbons (Fsp3) is 0.286. The molecule has 4 nitrogen and oxygen atoms in total. The predicted molar refractivity (Wildman–Crippen MR) is 70.5 cm³/mol. The first-order valence-corrected chi connectivity index (χ1v) is 5.87. The van der Waals surface area contributed by atoms with Crippen molar-refractivity contribution >= 4 is 5.91 Å². The van der Waals surface area contributed by atoms with E-state index in [1.807, 2.05) is 22.9 Å². The lowest BCUT2D eigenvalue weighted by Crippen LogP contribution is -2.25. The summed E-state index contributed by atoms with van der Waals surface area (Å²) in [4.78, 5) is 17.6. The topological polar surface area (TPSA) is 38.1 Å². The fourth-order valence-corrected chi connectivity index (χ4v) is 1.81. The molecule has 2 aromatic rings. The number of imidazole rings is 1. The molecule has 0 spiro atoms. The Morgan fingerprint density at radius 1 is 1.33 bits per heavy atom. The molecule has 2 rings (SSSR count). The quantitative estimate of drug-likeness (QED) is 0.826. The molecule has 1 aromatic heterocycles. The van der Waals surface area contributed by atoms with Gasteiger partial charge in [-0.15, -0.1) is 0 Å². The minimum atomic E-state index is -0.0754. The number of hydrogen-bond donors (Lipinski definition) is 0. The number of rotatable bonds is 3. The van der Waals surface area contributed by atoms with E-state index in [-0.39, 0.29) is 5.91 Å². The summed E-state index contributed by atoms with van der Waals surface area (Å²) in [6.45, 7) is 2.74. The fourth-order valence-electron chi connectivity index (χ4n) is 1.81. The van der Waals surface area contributed by atoms with E-state index in [0.717, 1.165) is 0 Å². The molecule has 0 radical (unpaired) electrons. The van der Waals surface area contributed by atoms with Gasteiger partial charge in [-0.2, -0.15) is 0 Å². The molecule has 0 unspecified atom stereocenters. The summed E-state index contributed by atoms with van der Waals surface area (Å²) in [5.41, 5.74) is 2.41. The zero-order valence-electron chi connectivity index (χ0n) is 10.9. The maximum absolute atomic E-state index is 11.9. The first-order valence-electron chi connectivity index (χ1n) is 5.87. The van der Waals surface area contributed by atoms with Crippen molar-refractivity contribution in [3.63, 3.8) is 0 Å². The van der Waals surface area contributed by atoms with Crippen LogP contribution in [0.2, 0.25) is 0 Å². The highest BCUT2D eigenvalue weighted by Crippen LogP contribution is 2.11. The van der Waals surface area contributed by atoms with Gasteiger partial charge in [-0.3, -0.25) is 4.79 Å². The highest BCUT2D eigenvalue weighted by molar-refractivity contribution is 5.90. The van der Waals surface area contributed by atoms with Crippen molar-refractivity contribution in [2.75, 3.05) is 14.1 Å². The maximum Gasteiger partial charge on any atom is 0.289 e. The first-order chi connectivity index (χ1) is 8.59. The minimum Gasteiger partial charge on any atom is -0.342 e.